The Morgan fingerprint density at radius 1 is 1.10 bits per heavy atom. The van der Waals surface area contributed by atoms with Gasteiger partial charge >= 0.3 is 0 Å². The van der Waals surface area contributed by atoms with Crippen LogP contribution in [-0.2, 0) is 6.61 Å². The molecule has 0 saturated carbocycles. The molecule has 0 aliphatic heterocycles. The number of nitrogens with one attached hydrogen (secondary N) is 1. The van der Waals surface area contributed by atoms with E-state index >= 15 is 0 Å². The molecule has 0 aliphatic rings. The molecule has 7 heteroatoms. The Hall–Kier alpha value is -3.45. The van der Waals surface area contributed by atoms with E-state index in [1.807, 2.05) is 49.4 Å². The highest BCUT2D eigenvalue weighted by atomic mass is 79.9. The van der Waals surface area contributed by atoms with Crippen molar-refractivity contribution in [3.8, 4) is 11.4 Å². The number of hydrogen-bond donors (Lipinski definition) is 1. The van der Waals surface area contributed by atoms with Gasteiger partial charge < -0.3 is 10.1 Å². The van der Waals surface area contributed by atoms with Crippen LogP contribution in [0.2, 0.25) is 0 Å². The third-order valence-electron chi connectivity index (χ3n) is 4.64. The van der Waals surface area contributed by atoms with Crippen molar-refractivity contribution >= 4 is 27.5 Å². The van der Waals surface area contributed by atoms with Gasteiger partial charge in [0.05, 0.1) is 11.9 Å². The molecule has 0 aliphatic carbocycles. The van der Waals surface area contributed by atoms with Crippen molar-refractivity contribution in [2.75, 3.05) is 5.32 Å². The summed E-state index contributed by atoms with van der Waals surface area (Å²) in [6.45, 7) is 2.23. The van der Waals surface area contributed by atoms with Crippen molar-refractivity contribution in [2.45, 2.75) is 13.5 Å². The molecule has 0 atom stereocenters. The highest BCUT2D eigenvalue weighted by Crippen LogP contribution is 2.24. The minimum absolute atomic E-state index is 0.140. The molecule has 4 aromatic rings. The number of rotatable bonds is 6. The lowest BCUT2D eigenvalue weighted by Gasteiger charge is -2.08. The van der Waals surface area contributed by atoms with E-state index in [4.69, 9.17) is 4.74 Å². The molecule has 0 radical (unpaired) electrons. The van der Waals surface area contributed by atoms with E-state index in [1.165, 1.54) is 16.8 Å². The van der Waals surface area contributed by atoms with Crippen molar-refractivity contribution in [2.24, 2.45) is 0 Å². The van der Waals surface area contributed by atoms with Gasteiger partial charge in [-0.1, -0.05) is 46.3 Å². The normalized spacial score (nSPS) is 10.7. The van der Waals surface area contributed by atoms with Gasteiger partial charge in [0.2, 0.25) is 0 Å². The predicted octanol–water partition coefficient (Wildman–Crippen LogP) is 5.91. The van der Waals surface area contributed by atoms with Crippen molar-refractivity contribution < 1.29 is 13.9 Å². The topological polar surface area (TPSA) is 56.2 Å². The fourth-order valence-corrected chi connectivity index (χ4v) is 3.24. The van der Waals surface area contributed by atoms with Gasteiger partial charge in [0.15, 0.2) is 11.4 Å². The Morgan fingerprint density at radius 3 is 2.55 bits per heavy atom. The van der Waals surface area contributed by atoms with Crippen molar-refractivity contribution in [1.82, 2.24) is 9.78 Å². The molecule has 1 amide bonds. The predicted molar refractivity (Wildman–Crippen MR) is 121 cm³/mol. The highest BCUT2D eigenvalue weighted by Gasteiger charge is 2.20. The molecule has 1 heterocycles. The number of halogens is 2. The second-order valence-electron chi connectivity index (χ2n) is 6.96. The molecule has 0 fully saturated rings. The van der Waals surface area contributed by atoms with Crippen LogP contribution in [0.15, 0.2) is 83.5 Å². The summed E-state index contributed by atoms with van der Waals surface area (Å²) in [6.07, 6.45) is 1.62. The Morgan fingerprint density at radius 2 is 1.84 bits per heavy atom. The largest absolute Gasteiger partial charge is 0.485 e. The summed E-state index contributed by atoms with van der Waals surface area (Å²) >= 11 is 3.45. The van der Waals surface area contributed by atoms with E-state index in [0.717, 1.165) is 15.6 Å². The van der Waals surface area contributed by atoms with Crippen LogP contribution in [0.25, 0.3) is 5.69 Å². The monoisotopic (exact) mass is 479 g/mol. The van der Waals surface area contributed by atoms with E-state index < -0.39 is 5.91 Å². The second kappa shape index (κ2) is 9.14. The molecule has 1 aromatic heterocycles. The number of aryl methyl sites for hydroxylation is 1. The standard InChI is InChI=1S/C24H19BrFN3O2/c1-16-13-19(9-12-21(16)25)27-24(30)23-22(31-15-17-5-3-2-4-6-17)14-29(28-23)20-10-7-18(26)8-11-20/h2-14H,15H2,1H3,(H,27,30). The van der Waals surface area contributed by atoms with Crippen LogP contribution in [0.5, 0.6) is 5.75 Å². The number of nitrogens with zero attached hydrogens (tertiary/aromatic N) is 2. The van der Waals surface area contributed by atoms with Crippen LogP contribution in [-0.4, -0.2) is 15.7 Å². The average Bonchev–Trinajstić information content (AvgIpc) is 3.20. The number of amides is 1. The zero-order valence-electron chi connectivity index (χ0n) is 16.7. The molecular weight excluding hydrogens is 461 g/mol. The van der Waals surface area contributed by atoms with E-state index in [-0.39, 0.29) is 18.1 Å². The van der Waals surface area contributed by atoms with Crippen LogP contribution in [0, 0.1) is 12.7 Å². The number of ether oxygens (including phenoxy) is 1. The third kappa shape index (κ3) is 5.00. The van der Waals surface area contributed by atoms with Gasteiger partial charge in [0.25, 0.3) is 5.91 Å². The summed E-state index contributed by atoms with van der Waals surface area (Å²) < 4.78 is 21.7. The number of carbonyl (C=O) groups excluding carboxylic acids is 1. The fraction of sp³-hybridized carbons (Fsp3) is 0.0833. The summed E-state index contributed by atoms with van der Waals surface area (Å²) in [5, 5.41) is 7.27. The van der Waals surface area contributed by atoms with Crippen LogP contribution in [0.4, 0.5) is 10.1 Å². The molecule has 4 rings (SSSR count). The Bertz CT molecular complexity index is 1210. The smallest absolute Gasteiger partial charge is 0.280 e. The molecule has 0 unspecified atom stereocenters. The lowest BCUT2D eigenvalue weighted by molar-refractivity contribution is 0.101. The first-order valence-electron chi connectivity index (χ1n) is 9.59. The van der Waals surface area contributed by atoms with Crippen LogP contribution >= 0.6 is 15.9 Å². The van der Waals surface area contributed by atoms with Gasteiger partial charge in [-0.15, -0.1) is 0 Å². The van der Waals surface area contributed by atoms with E-state index in [2.05, 4.69) is 26.3 Å². The molecule has 3 aromatic carbocycles. The van der Waals surface area contributed by atoms with Gasteiger partial charge in [-0.05, 0) is 60.5 Å². The van der Waals surface area contributed by atoms with E-state index in [1.54, 1.807) is 24.4 Å². The first kappa shape index (κ1) is 20.8. The third-order valence-corrected chi connectivity index (χ3v) is 5.53. The number of carbonyl (C=O) groups is 1. The molecule has 31 heavy (non-hydrogen) atoms. The van der Waals surface area contributed by atoms with Crippen LogP contribution in [0.3, 0.4) is 0 Å². The second-order valence-corrected chi connectivity index (χ2v) is 7.81. The maximum Gasteiger partial charge on any atom is 0.280 e. The Balaban J connectivity index is 1.63. The fourth-order valence-electron chi connectivity index (χ4n) is 3.00. The minimum Gasteiger partial charge on any atom is -0.485 e. The molecule has 156 valence electrons. The van der Waals surface area contributed by atoms with Gasteiger partial charge in [-0.25, -0.2) is 9.07 Å². The first-order valence-corrected chi connectivity index (χ1v) is 10.4. The van der Waals surface area contributed by atoms with E-state index in [9.17, 15) is 9.18 Å². The summed E-state index contributed by atoms with van der Waals surface area (Å²) in [4.78, 5) is 13.0. The molecule has 0 bridgehead atoms. The van der Waals surface area contributed by atoms with Crippen molar-refractivity contribution in [3.63, 3.8) is 0 Å². The minimum atomic E-state index is -0.398. The molecule has 1 N–H and O–H groups in total. The van der Waals surface area contributed by atoms with Crippen LogP contribution < -0.4 is 10.1 Å². The SMILES string of the molecule is Cc1cc(NC(=O)c2nn(-c3ccc(F)cc3)cc2OCc2ccccc2)ccc1Br. The molecular formula is C24H19BrFN3O2. The quantitative estimate of drug-likeness (QED) is 0.373. The zero-order chi connectivity index (χ0) is 21.8. The van der Waals surface area contributed by atoms with E-state index in [0.29, 0.717) is 17.1 Å². The molecule has 0 spiro atoms. The lowest BCUT2D eigenvalue weighted by Crippen LogP contribution is -2.14. The summed E-state index contributed by atoms with van der Waals surface area (Å²) in [6, 6.07) is 21.0. The average molecular weight is 480 g/mol. The Kier molecular flexibility index (Phi) is 6.13. The number of anilines is 1. The molecule has 0 saturated heterocycles. The van der Waals surface area contributed by atoms with Gasteiger partial charge in [-0.2, -0.15) is 5.10 Å². The Labute approximate surface area is 187 Å². The maximum atomic E-state index is 13.3. The van der Waals surface area contributed by atoms with Crippen molar-refractivity contribution in [3.05, 3.63) is 106 Å². The summed E-state index contributed by atoms with van der Waals surface area (Å²) in [5.41, 5.74) is 3.36. The van der Waals surface area contributed by atoms with Crippen LogP contribution in [0.1, 0.15) is 21.6 Å². The highest BCUT2D eigenvalue weighted by molar-refractivity contribution is 9.10. The number of aromatic nitrogens is 2. The zero-order valence-corrected chi connectivity index (χ0v) is 18.3. The van der Waals surface area contributed by atoms with Gasteiger partial charge in [0.1, 0.15) is 12.4 Å². The van der Waals surface area contributed by atoms with Gasteiger partial charge in [-0.3, -0.25) is 4.79 Å². The maximum absolute atomic E-state index is 13.3. The lowest BCUT2D eigenvalue weighted by atomic mass is 10.2. The molecule has 5 nitrogen and oxygen atoms in total. The van der Waals surface area contributed by atoms with Gasteiger partial charge in [0, 0.05) is 10.2 Å². The summed E-state index contributed by atoms with van der Waals surface area (Å²) in [5.74, 6) is -0.412. The first-order chi connectivity index (χ1) is 15.0. The number of benzene rings is 3. The van der Waals surface area contributed by atoms with Crippen molar-refractivity contribution in [1.29, 1.82) is 0 Å². The summed E-state index contributed by atoms with van der Waals surface area (Å²) in [7, 11) is 0. The number of hydrogen-bond acceptors (Lipinski definition) is 3.